The van der Waals surface area contributed by atoms with Crippen LogP contribution in [-0.2, 0) is 15.8 Å². The highest BCUT2D eigenvalue weighted by Gasteiger charge is 2.43. The molecule has 1 atom stereocenters. The van der Waals surface area contributed by atoms with E-state index in [0.29, 0.717) is 16.9 Å². The lowest BCUT2D eigenvalue weighted by Gasteiger charge is -2.18. The van der Waals surface area contributed by atoms with Crippen LogP contribution in [0.2, 0.25) is 5.02 Å². The van der Waals surface area contributed by atoms with Crippen molar-refractivity contribution in [1.29, 1.82) is 0 Å². The molecule has 4 rings (SSSR count). The third kappa shape index (κ3) is 2.84. The zero-order chi connectivity index (χ0) is 20.2. The molecule has 2 heterocycles. The van der Waals surface area contributed by atoms with Gasteiger partial charge in [-0.05, 0) is 37.3 Å². The van der Waals surface area contributed by atoms with Crippen molar-refractivity contribution in [2.75, 3.05) is 4.90 Å². The molecule has 3 aromatic rings. The number of alkyl halides is 3. The molecule has 1 saturated heterocycles. The number of carbonyl (C=O) groups excluding carboxylic acids is 2. The number of para-hydroxylation sites is 2. The first-order valence-electron chi connectivity index (χ1n) is 8.35. The fourth-order valence-electron chi connectivity index (χ4n) is 3.52. The number of nitrogens with zero attached hydrogens (tertiary/aromatic N) is 3. The number of halogens is 4. The van der Waals surface area contributed by atoms with E-state index in [-0.39, 0.29) is 12.1 Å². The molecular weight excluding hydrogens is 395 g/mol. The van der Waals surface area contributed by atoms with Gasteiger partial charge in [0.25, 0.3) is 5.91 Å². The summed E-state index contributed by atoms with van der Waals surface area (Å²) < 4.78 is 41.1. The van der Waals surface area contributed by atoms with E-state index < -0.39 is 34.6 Å². The highest BCUT2D eigenvalue weighted by Crippen LogP contribution is 2.39. The Hall–Kier alpha value is -2.87. The van der Waals surface area contributed by atoms with Gasteiger partial charge in [0.2, 0.25) is 5.91 Å². The average Bonchev–Trinajstić information content (AvgIpc) is 3.10. The number of aryl methyl sites for hydroxylation is 1. The van der Waals surface area contributed by atoms with E-state index in [2.05, 4.69) is 4.98 Å². The zero-order valence-corrected chi connectivity index (χ0v) is 15.3. The monoisotopic (exact) mass is 407 g/mol. The smallest absolute Gasteiger partial charge is 0.315 e. The minimum absolute atomic E-state index is 0.156. The first kappa shape index (κ1) is 18.5. The van der Waals surface area contributed by atoms with Crippen molar-refractivity contribution < 1.29 is 22.8 Å². The Morgan fingerprint density at radius 2 is 1.86 bits per heavy atom. The van der Waals surface area contributed by atoms with Crippen LogP contribution < -0.4 is 4.90 Å². The van der Waals surface area contributed by atoms with Crippen LogP contribution in [0.1, 0.15) is 23.9 Å². The fourth-order valence-corrected chi connectivity index (χ4v) is 3.74. The molecule has 0 saturated carbocycles. The van der Waals surface area contributed by atoms with Gasteiger partial charge < -0.3 is 4.57 Å². The van der Waals surface area contributed by atoms with Crippen molar-refractivity contribution in [3.8, 4) is 0 Å². The predicted octanol–water partition coefficient (Wildman–Crippen LogP) is 4.52. The molecular formula is C19H13ClF3N3O2. The van der Waals surface area contributed by atoms with E-state index in [9.17, 15) is 22.8 Å². The quantitative estimate of drug-likeness (QED) is 0.587. The summed E-state index contributed by atoms with van der Waals surface area (Å²) in [6, 6.07) is 9.27. The molecule has 144 valence electrons. The Morgan fingerprint density at radius 3 is 2.57 bits per heavy atom. The maximum Gasteiger partial charge on any atom is 0.417 e. The van der Waals surface area contributed by atoms with Gasteiger partial charge in [-0.25, -0.2) is 9.88 Å². The van der Waals surface area contributed by atoms with Gasteiger partial charge in [-0.2, -0.15) is 13.2 Å². The van der Waals surface area contributed by atoms with Crippen LogP contribution in [-0.4, -0.2) is 21.4 Å². The highest BCUT2D eigenvalue weighted by molar-refractivity contribution is 6.31. The van der Waals surface area contributed by atoms with Crippen molar-refractivity contribution in [3.05, 3.63) is 58.9 Å². The van der Waals surface area contributed by atoms with E-state index in [4.69, 9.17) is 11.6 Å². The summed E-state index contributed by atoms with van der Waals surface area (Å²) in [5.41, 5.74) is 0.0981. The van der Waals surface area contributed by atoms with E-state index in [0.717, 1.165) is 17.0 Å². The summed E-state index contributed by atoms with van der Waals surface area (Å²) in [4.78, 5) is 30.7. The van der Waals surface area contributed by atoms with Gasteiger partial charge >= 0.3 is 6.18 Å². The van der Waals surface area contributed by atoms with E-state index in [1.807, 2.05) is 0 Å². The lowest BCUT2D eigenvalue weighted by atomic mass is 10.1. The van der Waals surface area contributed by atoms with Gasteiger partial charge in [0.1, 0.15) is 11.9 Å². The van der Waals surface area contributed by atoms with E-state index in [1.54, 1.807) is 35.8 Å². The molecule has 0 N–H and O–H groups in total. The van der Waals surface area contributed by atoms with Crippen molar-refractivity contribution >= 4 is 40.1 Å². The second kappa shape index (κ2) is 6.34. The largest absolute Gasteiger partial charge is 0.417 e. The average molecular weight is 408 g/mol. The maximum absolute atomic E-state index is 13.2. The second-order valence-corrected chi connectivity index (χ2v) is 6.87. The van der Waals surface area contributed by atoms with Gasteiger partial charge in [-0.3, -0.25) is 9.59 Å². The van der Waals surface area contributed by atoms with Gasteiger partial charge in [-0.1, -0.05) is 23.7 Å². The lowest BCUT2D eigenvalue weighted by Crippen LogP contribution is -2.31. The molecule has 28 heavy (non-hydrogen) atoms. The number of fused-ring (bicyclic) bond motifs is 1. The number of hydrogen-bond donors (Lipinski definition) is 0. The van der Waals surface area contributed by atoms with E-state index in [1.165, 1.54) is 6.07 Å². The minimum atomic E-state index is -4.70. The summed E-state index contributed by atoms with van der Waals surface area (Å²) >= 11 is 5.64. The van der Waals surface area contributed by atoms with Crippen LogP contribution in [0.25, 0.3) is 11.0 Å². The standard InChI is InChI=1S/C19H13ClF3N3O2/c1-10-24-14-4-2-3-5-15(14)25(10)16-9-17(27)26(18(16)28)11-6-7-13(20)12(8-11)19(21,22)23/h2-8,16H,9H2,1H3/t16-/m1/s1. The number of rotatable bonds is 2. The van der Waals surface area contributed by atoms with Crippen LogP contribution in [0.4, 0.5) is 18.9 Å². The number of aromatic nitrogens is 2. The lowest BCUT2D eigenvalue weighted by molar-refractivity contribution is -0.137. The van der Waals surface area contributed by atoms with Gasteiger partial charge in [0.15, 0.2) is 0 Å². The van der Waals surface area contributed by atoms with Crippen molar-refractivity contribution in [2.45, 2.75) is 25.6 Å². The summed E-state index contributed by atoms with van der Waals surface area (Å²) in [6.07, 6.45) is -4.86. The minimum Gasteiger partial charge on any atom is -0.315 e. The number of hydrogen-bond acceptors (Lipinski definition) is 3. The molecule has 1 aromatic heterocycles. The van der Waals surface area contributed by atoms with Gasteiger partial charge in [0, 0.05) is 0 Å². The number of amides is 2. The zero-order valence-electron chi connectivity index (χ0n) is 14.5. The van der Waals surface area contributed by atoms with E-state index >= 15 is 0 Å². The molecule has 1 fully saturated rings. The molecule has 1 aliphatic heterocycles. The number of imidazole rings is 1. The molecule has 9 heteroatoms. The SMILES string of the molecule is Cc1nc2ccccc2n1[C@@H]1CC(=O)N(c2ccc(Cl)c(C(F)(F)F)c2)C1=O. The number of anilines is 1. The molecule has 0 radical (unpaired) electrons. The molecule has 0 bridgehead atoms. The molecule has 0 aliphatic carbocycles. The highest BCUT2D eigenvalue weighted by atomic mass is 35.5. The maximum atomic E-state index is 13.2. The van der Waals surface area contributed by atoms with Crippen molar-refractivity contribution in [1.82, 2.24) is 9.55 Å². The Kier molecular flexibility index (Phi) is 4.19. The normalized spacial score (nSPS) is 17.8. The molecule has 0 unspecified atom stereocenters. The molecule has 1 aliphatic rings. The van der Waals surface area contributed by atoms with Crippen LogP contribution in [0.15, 0.2) is 42.5 Å². The molecule has 2 amide bonds. The number of imide groups is 1. The number of carbonyl (C=O) groups is 2. The second-order valence-electron chi connectivity index (χ2n) is 6.47. The third-order valence-corrected chi connectivity index (χ3v) is 5.05. The Bertz CT molecular complexity index is 1120. The predicted molar refractivity (Wildman–Crippen MR) is 97.1 cm³/mol. The van der Waals surface area contributed by atoms with Crippen LogP contribution >= 0.6 is 11.6 Å². The van der Waals surface area contributed by atoms with Gasteiger partial charge in [-0.15, -0.1) is 0 Å². The topological polar surface area (TPSA) is 55.2 Å². The summed E-state index contributed by atoms with van der Waals surface area (Å²) in [7, 11) is 0. The van der Waals surface area contributed by atoms with Crippen LogP contribution in [0, 0.1) is 6.92 Å². The first-order valence-corrected chi connectivity index (χ1v) is 8.73. The Labute approximate surface area is 162 Å². The van der Waals surface area contributed by atoms with Crippen molar-refractivity contribution in [3.63, 3.8) is 0 Å². The van der Waals surface area contributed by atoms with Crippen molar-refractivity contribution in [2.24, 2.45) is 0 Å². The number of benzene rings is 2. The summed E-state index contributed by atoms with van der Waals surface area (Å²) in [6.45, 7) is 1.71. The third-order valence-electron chi connectivity index (χ3n) is 4.72. The van der Waals surface area contributed by atoms with Crippen LogP contribution in [0.5, 0.6) is 0 Å². The van der Waals surface area contributed by atoms with Gasteiger partial charge in [0.05, 0.1) is 33.7 Å². The van der Waals surface area contributed by atoms with Crippen LogP contribution in [0.3, 0.4) is 0 Å². The Balaban J connectivity index is 1.77. The molecule has 0 spiro atoms. The summed E-state index contributed by atoms with van der Waals surface area (Å²) in [5, 5.41) is -0.497. The summed E-state index contributed by atoms with van der Waals surface area (Å²) in [5.74, 6) is -0.643. The molecule has 5 nitrogen and oxygen atoms in total. The Morgan fingerprint density at radius 1 is 1.14 bits per heavy atom. The molecule has 2 aromatic carbocycles. The first-order chi connectivity index (χ1) is 13.2. The fraction of sp³-hybridized carbons (Fsp3) is 0.211.